The van der Waals surface area contributed by atoms with Gasteiger partial charge in [-0.25, -0.2) is 8.42 Å². The number of benzene rings is 2. The van der Waals surface area contributed by atoms with Crippen LogP contribution in [0.3, 0.4) is 0 Å². The summed E-state index contributed by atoms with van der Waals surface area (Å²) in [4.78, 5) is 14.7. The molecule has 0 aliphatic carbocycles. The van der Waals surface area contributed by atoms with Crippen LogP contribution in [0.1, 0.15) is 22.8 Å². The topological polar surface area (TPSA) is 59.4 Å². The Balaban J connectivity index is 1.53. The number of aryl methyl sites for hydroxylation is 1. The highest BCUT2D eigenvalue weighted by molar-refractivity contribution is 7.91. The van der Waals surface area contributed by atoms with Crippen molar-refractivity contribution in [3.05, 3.63) is 71.9 Å². The summed E-state index contributed by atoms with van der Waals surface area (Å²) < 4.78 is 27.6. The normalized spacial score (nSPS) is 19.5. The van der Waals surface area contributed by atoms with E-state index in [1.165, 1.54) is 0 Å². The molecule has 4 rings (SSSR count). The molecule has 0 bridgehead atoms. The van der Waals surface area contributed by atoms with Gasteiger partial charge in [-0.3, -0.25) is 4.79 Å². The lowest BCUT2D eigenvalue weighted by Gasteiger charge is -2.20. The number of para-hydroxylation sites is 1. The molecule has 0 N–H and O–H groups in total. The van der Waals surface area contributed by atoms with Gasteiger partial charge >= 0.3 is 0 Å². The predicted octanol–water partition coefficient (Wildman–Crippen LogP) is 3.11. The van der Waals surface area contributed by atoms with Crippen LogP contribution in [0.4, 0.5) is 0 Å². The first kappa shape index (κ1) is 18.7. The molecule has 0 spiro atoms. The third-order valence-electron chi connectivity index (χ3n) is 5.59. The van der Waals surface area contributed by atoms with Crippen molar-refractivity contribution in [1.29, 1.82) is 0 Å². The number of rotatable bonds is 3. The number of amides is 1. The summed E-state index contributed by atoms with van der Waals surface area (Å²) in [6.45, 7) is 0.720. The van der Waals surface area contributed by atoms with E-state index in [0.29, 0.717) is 13.0 Å². The number of carbonyl (C=O) groups excluding carboxylic acids is 1. The third kappa shape index (κ3) is 3.56. The van der Waals surface area contributed by atoms with Gasteiger partial charge in [0, 0.05) is 37.2 Å². The zero-order valence-electron chi connectivity index (χ0n) is 15.9. The van der Waals surface area contributed by atoms with Crippen molar-refractivity contribution >= 4 is 26.6 Å². The standard InChI is InChI=1S/C22H24N2O3S/c1-23-16-18(19-9-5-6-10-20(19)23)15-22(25)24-12-11-21(28(26,27)14-13-24)17-7-3-2-4-8-17/h2-10,16,21H,11-15H2,1H3. The molecule has 6 heteroatoms. The van der Waals surface area contributed by atoms with Crippen molar-refractivity contribution in [2.45, 2.75) is 18.1 Å². The zero-order valence-corrected chi connectivity index (χ0v) is 16.7. The molecule has 1 aliphatic rings. The molecule has 1 atom stereocenters. The van der Waals surface area contributed by atoms with Gasteiger partial charge in [-0.15, -0.1) is 0 Å². The number of sulfone groups is 1. The largest absolute Gasteiger partial charge is 0.350 e. The van der Waals surface area contributed by atoms with Crippen molar-refractivity contribution in [1.82, 2.24) is 9.47 Å². The number of fused-ring (bicyclic) bond motifs is 1. The first-order chi connectivity index (χ1) is 13.5. The van der Waals surface area contributed by atoms with Crippen LogP contribution in [0.25, 0.3) is 10.9 Å². The van der Waals surface area contributed by atoms with Gasteiger partial charge in [-0.05, 0) is 23.6 Å². The van der Waals surface area contributed by atoms with Gasteiger partial charge < -0.3 is 9.47 Å². The summed E-state index contributed by atoms with van der Waals surface area (Å²) in [6, 6.07) is 17.3. The van der Waals surface area contributed by atoms with Crippen molar-refractivity contribution in [2.24, 2.45) is 7.05 Å². The average molecular weight is 397 g/mol. The Morgan fingerprint density at radius 2 is 1.75 bits per heavy atom. The quantitative estimate of drug-likeness (QED) is 0.683. The van der Waals surface area contributed by atoms with Gasteiger partial charge in [0.15, 0.2) is 9.84 Å². The first-order valence-corrected chi connectivity index (χ1v) is 11.2. The van der Waals surface area contributed by atoms with Gasteiger partial charge in [-0.1, -0.05) is 48.5 Å². The minimum Gasteiger partial charge on any atom is -0.350 e. The molecule has 5 nitrogen and oxygen atoms in total. The van der Waals surface area contributed by atoms with Crippen LogP contribution >= 0.6 is 0 Å². The zero-order chi connectivity index (χ0) is 19.7. The van der Waals surface area contributed by atoms with Gasteiger partial charge in [0.25, 0.3) is 0 Å². The maximum atomic E-state index is 12.9. The molecule has 2 aromatic carbocycles. The highest BCUT2D eigenvalue weighted by Crippen LogP contribution is 2.29. The highest BCUT2D eigenvalue weighted by Gasteiger charge is 2.32. The Hall–Kier alpha value is -2.60. The van der Waals surface area contributed by atoms with Crippen molar-refractivity contribution in [3.63, 3.8) is 0 Å². The number of hydrogen-bond donors (Lipinski definition) is 0. The SMILES string of the molecule is Cn1cc(CC(=O)N2CCC(c3ccccc3)S(=O)(=O)CC2)c2ccccc21. The molecule has 1 aromatic heterocycles. The summed E-state index contributed by atoms with van der Waals surface area (Å²) >= 11 is 0. The van der Waals surface area contributed by atoms with E-state index in [0.717, 1.165) is 22.0 Å². The fraction of sp³-hybridized carbons (Fsp3) is 0.318. The molecule has 146 valence electrons. The number of nitrogens with zero attached hydrogens (tertiary/aromatic N) is 2. The summed E-state index contributed by atoms with van der Waals surface area (Å²) in [5.41, 5.74) is 2.88. The Morgan fingerprint density at radius 3 is 2.54 bits per heavy atom. The summed E-state index contributed by atoms with van der Waals surface area (Å²) in [5, 5.41) is 0.534. The second-order valence-electron chi connectivity index (χ2n) is 7.39. The fourth-order valence-corrected chi connectivity index (χ4v) is 5.87. The molecule has 1 fully saturated rings. The Bertz CT molecular complexity index is 1100. The van der Waals surface area contributed by atoms with E-state index in [9.17, 15) is 13.2 Å². The Kier molecular flexibility index (Phi) is 4.98. The van der Waals surface area contributed by atoms with Crippen LogP contribution in [0.5, 0.6) is 0 Å². The monoisotopic (exact) mass is 396 g/mol. The van der Waals surface area contributed by atoms with Crippen molar-refractivity contribution < 1.29 is 13.2 Å². The lowest BCUT2D eigenvalue weighted by atomic mass is 10.1. The lowest BCUT2D eigenvalue weighted by Crippen LogP contribution is -2.34. The van der Waals surface area contributed by atoms with Crippen molar-refractivity contribution in [3.8, 4) is 0 Å². The summed E-state index contributed by atoms with van der Waals surface area (Å²) in [6.07, 6.45) is 2.72. The van der Waals surface area contributed by atoms with E-state index in [1.54, 1.807) is 4.90 Å². The summed E-state index contributed by atoms with van der Waals surface area (Å²) in [7, 11) is -1.31. The van der Waals surface area contributed by atoms with Crippen LogP contribution < -0.4 is 0 Å². The molecule has 0 radical (unpaired) electrons. The molecule has 1 unspecified atom stereocenters. The fourth-order valence-electron chi connectivity index (χ4n) is 4.08. The Morgan fingerprint density at radius 1 is 1.04 bits per heavy atom. The molecule has 3 aromatic rings. The van der Waals surface area contributed by atoms with E-state index in [1.807, 2.05) is 72.4 Å². The van der Waals surface area contributed by atoms with Gasteiger partial charge in [0.2, 0.25) is 5.91 Å². The lowest BCUT2D eigenvalue weighted by molar-refractivity contribution is -0.130. The molecular formula is C22H24N2O3S. The van der Waals surface area contributed by atoms with Gasteiger partial charge in [0.05, 0.1) is 17.4 Å². The average Bonchev–Trinajstić information content (AvgIpc) is 2.90. The molecular weight excluding hydrogens is 372 g/mol. The molecule has 1 aliphatic heterocycles. The van der Waals surface area contributed by atoms with Crippen LogP contribution in [-0.2, 0) is 28.1 Å². The second kappa shape index (κ2) is 7.43. The third-order valence-corrected chi connectivity index (χ3v) is 7.71. The van der Waals surface area contributed by atoms with Gasteiger partial charge in [0.1, 0.15) is 0 Å². The van der Waals surface area contributed by atoms with Crippen LogP contribution in [-0.4, -0.2) is 42.6 Å². The minimum atomic E-state index is -3.28. The van der Waals surface area contributed by atoms with E-state index >= 15 is 0 Å². The Labute approximate surface area is 165 Å². The maximum absolute atomic E-state index is 12.9. The number of aromatic nitrogens is 1. The number of hydrogen-bond acceptors (Lipinski definition) is 3. The van der Waals surface area contributed by atoms with E-state index in [2.05, 4.69) is 0 Å². The van der Waals surface area contributed by atoms with Crippen molar-refractivity contribution in [2.75, 3.05) is 18.8 Å². The van der Waals surface area contributed by atoms with E-state index in [4.69, 9.17) is 0 Å². The molecule has 28 heavy (non-hydrogen) atoms. The van der Waals surface area contributed by atoms with Crippen LogP contribution in [0.15, 0.2) is 60.8 Å². The van der Waals surface area contributed by atoms with Gasteiger partial charge in [-0.2, -0.15) is 0 Å². The highest BCUT2D eigenvalue weighted by atomic mass is 32.2. The molecule has 1 amide bonds. The first-order valence-electron chi connectivity index (χ1n) is 9.53. The summed E-state index contributed by atoms with van der Waals surface area (Å²) in [5.74, 6) is -0.00587. The smallest absolute Gasteiger partial charge is 0.227 e. The van der Waals surface area contributed by atoms with E-state index < -0.39 is 15.1 Å². The number of carbonyl (C=O) groups is 1. The predicted molar refractivity (Wildman–Crippen MR) is 111 cm³/mol. The van der Waals surface area contributed by atoms with Crippen LogP contribution in [0.2, 0.25) is 0 Å². The van der Waals surface area contributed by atoms with E-state index in [-0.39, 0.29) is 24.6 Å². The second-order valence-corrected chi connectivity index (χ2v) is 9.70. The molecule has 0 saturated carbocycles. The minimum absolute atomic E-state index is 0.00778. The van der Waals surface area contributed by atoms with Crippen LogP contribution in [0, 0.1) is 0 Å². The molecule has 2 heterocycles. The molecule has 1 saturated heterocycles. The maximum Gasteiger partial charge on any atom is 0.227 e.